The van der Waals surface area contributed by atoms with E-state index in [9.17, 15) is 9.59 Å². The highest BCUT2D eigenvalue weighted by Crippen LogP contribution is 2.27. The first-order chi connectivity index (χ1) is 14.6. The Hall–Kier alpha value is -4.07. The van der Waals surface area contributed by atoms with Crippen LogP contribution >= 0.6 is 0 Å². The molecule has 0 spiro atoms. The largest absolute Gasteiger partial charge is 0.497 e. The van der Waals surface area contributed by atoms with Gasteiger partial charge in [-0.1, -0.05) is 30.3 Å². The number of nitrogens with two attached hydrogens (primary N) is 1. The Bertz CT molecular complexity index is 1320. The maximum absolute atomic E-state index is 13.1. The molecule has 1 aliphatic rings. The van der Waals surface area contributed by atoms with Crippen molar-refractivity contribution < 1.29 is 9.53 Å². The number of aromatic nitrogens is 3. The summed E-state index contributed by atoms with van der Waals surface area (Å²) in [4.78, 5) is 32.2. The summed E-state index contributed by atoms with van der Waals surface area (Å²) in [5.74, 6) is 0.821. The van der Waals surface area contributed by atoms with E-state index in [1.54, 1.807) is 12.0 Å². The molecule has 2 aromatic carbocycles. The molecule has 8 nitrogen and oxygen atoms in total. The molecule has 1 aliphatic heterocycles. The summed E-state index contributed by atoms with van der Waals surface area (Å²) in [5.41, 5.74) is 9.15. The van der Waals surface area contributed by atoms with Gasteiger partial charge in [0, 0.05) is 17.7 Å². The van der Waals surface area contributed by atoms with Crippen molar-refractivity contribution in [1.29, 1.82) is 0 Å². The lowest BCUT2D eigenvalue weighted by molar-refractivity contribution is 0.0992. The number of nitrogens with zero attached hydrogens (tertiary/aromatic N) is 3. The Morgan fingerprint density at radius 1 is 1.10 bits per heavy atom. The maximum Gasteiger partial charge on any atom is 0.278 e. The number of aromatic amines is 1. The number of carbonyl (C=O) groups is 1. The van der Waals surface area contributed by atoms with Crippen LogP contribution in [0.3, 0.4) is 0 Å². The topological polar surface area (TPSA) is 106 Å². The van der Waals surface area contributed by atoms with E-state index >= 15 is 0 Å². The first-order valence-electron chi connectivity index (χ1n) is 9.48. The first kappa shape index (κ1) is 18.0. The predicted molar refractivity (Wildman–Crippen MR) is 113 cm³/mol. The van der Waals surface area contributed by atoms with Gasteiger partial charge in [-0.05, 0) is 29.8 Å². The van der Waals surface area contributed by atoms with E-state index in [1.807, 2.05) is 54.6 Å². The molecule has 3 N–H and O–H groups in total. The number of ether oxygens (including phenoxy) is 1. The molecule has 4 aromatic rings. The van der Waals surface area contributed by atoms with Crippen LogP contribution in [-0.2, 0) is 13.0 Å². The molecule has 3 heterocycles. The Labute approximate surface area is 171 Å². The van der Waals surface area contributed by atoms with Gasteiger partial charge in [0.05, 0.1) is 19.2 Å². The van der Waals surface area contributed by atoms with Crippen LogP contribution in [-0.4, -0.2) is 27.6 Å². The van der Waals surface area contributed by atoms with E-state index in [2.05, 4.69) is 10.1 Å². The second kappa shape index (κ2) is 6.77. The van der Waals surface area contributed by atoms with Crippen LogP contribution in [0.1, 0.15) is 27.2 Å². The zero-order valence-electron chi connectivity index (χ0n) is 16.3. The van der Waals surface area contributed by atoms with Gasteiger partial charge in [0.2, 0.25) is 0 Å². The zero-order chi connectivity index (χ0) is 20.8. The van der Waals surface area contributed by atoms with Gasteiger partial charge < -0.3 is 15.4 Å². The summed E-state index contributed by atoms with van der Waals surface area (Å²) in [5, 5.41) is 2.90. The minimum Gasteiger partial charge on any atom is -0.497 e. The first-order valence-corrected chi connectivity index (χ1v) is 9.48. The highest BCUT2D eigenvalue weighted by molar-refractivity contribution is 6.08. The summed E-state index contributed by atoms with van der Waals surface area (Å²) in [7, 11) is 1.61. The van der Waals surface area contributed by atoms with Crippen molar-refractivity contribution in [2.24, 2.45) is 0 Å². The van der Waals surface area contributed by atoms with Crippen molar-refractivity contribution in [1.82, 2.24) is 14.6 Å². The predicted octanol–water partition coefficient (Wildman–Crippen LogP) is 2.36. The SMILES string of the molecule is COc1ccc(Cc2c(N)[nH]n3c(=O)c4c(nc23)C(=O)N(c2ccccc2)C4)cc1. The fourth-order valence-electron chi connectivity index (χ4n) is 3.79. The summed E-state index contributed by atoms with van der Waals surface area (Å²) in [6.07, 6.45) is 0.463. The molecule has 0 radical (unpaired) electrons. The van der Waals surface area contributed by atoms with Gasteiger partial charge in [-0.2, -0.15) is 4.52 Å². The molecule has 5 rings (SSSR count). The molecule has 0 aliphatic carbocycles. The minimum absolute atomic E-state index is 0.179. The molecule has 0 saturated heterocycles. The van der Waals surface area contributed by atoms with E-state index < -0.39 is 0 Å². The van der Waals surface area contributed by atoms with Crippen LogP contribution in [0.5, 0.6) is 5.75 Å². The minimum atomic E-state index is -0.311. The molecule has 2 aromatic heterocycles. The molecule has 0 bridgehead atoms. The number of methoxy groups -OCH3 is 1. The molecule has 0 saturated carbocycles. The van der Waals surface area contributed by atoms with Gasteiger partial charge >= 0.3 is 0 Å². The zero-order valence-corrected chi connectivity index (χ0v) is 16.3. The van der Waals surface area contributed by atoms with Crippen molar-refractivity contribution in [3.05, 3.63) is 87.3 Å². The van der Waals surface area contributed by atoms with E-state index in [4.69, 9.17) is 10.5 Å². The molecule has 150 valence electrons. The van der Waals surface area contributed by atoms with Crippen LogP contribution in [0.2, 0.25) is 0 Å². The number of benzene rings is 2. The molecule has 1 amide bonds. The fourth-order valence-corrected chi connectivity index (χ4v) is 3.79. The highest BCUT2D eigenvalue weighted by atomic mass is 16.5. The third-order valence-electron chi connectivity index (χ3n) is 5.38. The van der Waals surface area contributed by atoms with E-state index in [1.165, 1.54) is 4.52 Å². The standard InChI is InChI=1S/C22H19N5O3/c1-30-15-9-7-13(8-10-15)11-16-19(23)25-27-20(16)24-18-17(21(27)28)12-26(22(18)29)14-5-3-2-4-6-14/h2-10,25H,11-12,23H2,1H3. The van der Waals surface area contributed by atoms with Crippen LogP contribution < -0.4 is 20.9 Å². The van der Waals surface area contributed by atoms with Gasteiger partial charge in [-0.3, -0.25) is 14.7 Å². The lowest BCUT2D eigenvalue weighted by atomic mass is 10.1. The fraction of sp³-hybridized carbons (Fsp3) is 0.136. The molecular formula is C22H19N5O3. The van der Waals surface area contributed by atoms with Crippen molar-refractivity contribution in [3.63, 3.8) is 0 Å². The number of rotatable bonds is 4. The number of nitrogen functional groups attached to an aromatic ring is 1. The second-order valence-electron chi connectivity index (χ2n) is 7.16. The van der Waals surface area contributed by atoms with Gasteiger partial charge in [0.1, 0.15) is 17.3 Å². The smallest absolute Gasteiger partial charge is 0.278 e. The number of H-pyrrole nitrogens is 1. The molecule has 0 fully saturated rings. The second-order valence-corrected chi connectivity index (χ2v) is 7.16. The average molecular weight is 401 g/mol. The van der Waals surface area contributed by atoms with Crippen LogP contribution in [0, 0.1) is 0 Å². The van der Waals surface area contributed by atoms with Crippen LogP contribution in [0.15, 0.2) is 59.4 Å². The van der Waals surface area contributed by atoms with E-state index in [-0.39, 0.29) is 23.7 Å². The summed E-state index contributed by atoms with van der Waals surface area (Å²) in [6, 6.07) is 16.8. The normalized spacial score (nSPS) is 13.1. The number of carbonyl (C=O) groups excluding carboxylic acids is 1. The summed E-state index contributed by atoms with van der Waals surface area (Å²) < 4.78 is 6.52. The van der Waals surface area contributed by atoms with Gasteiger partial charge in [0.15, 0.2) is 5.65 Å². The number of nitrogens with one attached hydrogen (secondary N) is 1. The number of fused-ring (bicyclic) bond motifs is 2. The van der Waals surface area contributed by atoms with Gasteiger partial charge in [-0.25, -0.2) is 4.98 Å². The lowest BCUT2D eigenvalue weighted by Gasteiger charge is -2.14. The Balaban J connectivity index is 1.59. The van der Waals surface area contributed by atoms with Crippen molar-refractivity contribution >= 4 is 23.1 Å². The Kier molecular flexibility index (Phi) is 4.06. The molecular weight excluding hydrogens is 382 g/mol. The van der Waals surface area contributed by atoms with Crippen LogP contribution in [0.4, 0.5) is 11.5 Å². The Morgan fingerprint density at radius 2 is 1.83 bits per heavy atom. The number of amides is 1. The van der Waals surface area contributed by atoms with Crippen molar-refractivity contribution in [2.45, 2.75) is 13.0 Å². The third kappa shape index (κ3) is 2.73. The van der Waals surface area contributed by atoms with Crippen molar-refractivity contribution in [3.8, 4) is 5.75 Å². The average Bonchev–Trinajstić information content (AvgIpc) is 3.27. The van der Waals surface area contributed by atoms with E-state index in [0.29, 0.717) is 29.0 Å². The number of hydrogen-bond donors (Lipinski definition) is 2. The summed E-state index contributed by atoms with van der Waals surface area (Å²) in [6.45, 7) is 0.180. The molecule has 30 heavy (non-hydrogen) atoms. The number of para-hydroxylation sites is 1. The van der Waals surface area contributed by atoms with Crippen molar-refractivity contribution in [2.75, 3.05) is 17.7 Å². The van der Waals surface area contributed by atoms with Gasteiger partial charge in [0.25, 0.3) is 11.5 Å². The molecule has 0 atom stereocenters. The van der Waals surface area contributed by atoms with Crippen LogP contribution in [0.25, 0.3) is 5.65 Å². The highest BCUT2D eigenvalue weighted by Gasteiger charge is 2.34. The number of hydrogen-bond acceptors (Lipinski definition) is 5. The quantitative estimate of drug-likeness (QED) is 0.546. The maximum atomic E-state index is 13.1. The van der Waals surface area contributed by atoms with Gasteiger partial charge in [-0.15, -0.1) is 0 Å². The molecule has 8 heteroatoms. The third-order valence-corrected chi connectivity index (χ3v) is 5.38. The monoisotopic (exact) mass is 401 g/mol. The lowest BCUT2D eigenvalue weighted by Crippen LogP contribution is -2.23. The Morgan fingerprint density at radius 3 is 2.53 bits per heavy atom. The van der Waals surface area contributed by atoms with E-state index in [0.717, 1.165) is 17.0 Å². The number of anilines is 2. The summed E-state index contributed by atoms with van der Waals surface area (Å²) >= 11 is 0. The molecule has 0 unspecified atom stereocenters.